The lowest BCUT2D eigenvalue weighted by Gasteiger charge is -2.11. The summed E-state index contributed by atoms with van der Waals surface area (Å²) in [6, 6.07) is 8.43. The van der Waals surface area contributed by atoms with E-state index >= 15 is 0 Å². The van der Waals surface area contributed by atoms with E-state index in [4.69, 9.17) is 4.74 Å². The van der Waals surface area contributed by atoms with Crippen LogP contribution in [0.5, 0.6) is 11.8 Å². The van der Waals surface area contributed by atoms with Crippen molar-refractivity contribution in [2.24, 2.45) is 0 Å². The molecule has 0 aliphatic heterocycles. The first-order chi connectivity index (χ1) is 15.2. The number of carbonyl (C=O) groups excluding carboxylic acids is 1. The monoisotopic (exact) mass is 443 g/mol. The first-order valence-electron chi connectivity index (χ1n) is 9.35. The number of nitrogens with one attached hydrogen (secondary N) is 1. The van der Waals surface area contributed by atoms with Crippen molar-refractivity contribution in [2.75, 3.05) is 5.32 Å². The number of nitrogens with zero attached hydrogens (tertiary/aromatic N) is 6. The van der Waals surface area contributed by atoms with E-state index in [0.717, 1.165) is 4.52 Å². The minimum absolute atomic E-state index is 0.0993. The van der Waals surface area contributed by atoms with E-state index in [1.54, 1.807) is 56.6 Å². The Labute approximate surface area is 179 Å². The SMILES string of the molecule is Cc1nc2nc(C(F)(F)F)nn2c(C)c1CC(=O)Nc1ccc(Oc2ncccn2)cc1. The normalized spacial score (nSPS) is 11.5. The van der Waals surface area contributed by atoms with Crippen molar-refractivity contribution in [3.05, 3.63) is 65.5 Å². The second kappa shape index (κ2) is 8.21. The summed E-state index contributed by atoms with van der Waals surface area (Å²) in [6.07, 6.45) is -1.68. The maximum atomic E-state index is 12.9. The summed E-state index contributed by atoms with van der Waals surface area (Å²) >= 11 is 0. The van der Waals surface area contributed by atoms with E-state index < -0.39 is 12.0 Å². The highest BCUT2D eigenvalue weighted by Crippen LogP contribution is 2.27. The lowest BCUT2D eigenvalue weighted by molar-refractivity contribution is -0.144. The van der Waals surface area contributed by atoms with Crippen LogP contribution in [0.3, 0.4) is 0 Å². The summed E-state index contributed by atoms with van der Waals surface area (Å²) in [4.78, 5) is 28.0. The zero-order chi connectivity index (χ0) is 22.9. The largest absolute Gasteiger partial charge is 0.453 e. The van der Waals surface area contributed by atoms with Gasteiger partial charge >= 0.3 is 12.2 Å². The second-order valence-electron chi connectivity index (χ2n) is 6.79. The molecule has 0 saturated heterocycles. The van der Waals surface area contributed by atoms with Crippen LogP contribution in [0, 0.1) is 13.8 Å². The molecule has 32 heavy (non-hydrogen) atoms. The molecule has 164 valence electrons. The summed E-state index contributed by atoms with van der Waals surface area (Å²) in [5.41, 5.74) is 1.74. The summed E-state index contributed by atoms with van der Waals surface area (Å²) in [5, 5.41) is 6.22. The minimum atomic E-state index is -4.69. The third-order valence-electron chi connectivity index (χ3n) is 4.53. The molecule has 0 bridgehead atoms. The molecule has 0 atom stereocenters. The number of hydrogen-bond donors (Lipinski definition) is 1. The third kappa shape index (κ3) is 4.48. The molecule has 0 radical (unpaired) electrons. The van der Waals surface area contributed by atoms with Crippen LogP contribution < -0.4 is 10.1 Å². The molecule has 1 aromatic carbocycles. The van der Waals surface area contributed by atoms with Gasteiger partial charge < -0.3 is 10.1 Å². The average Bonchev–Trinajstić information content (AvgIpc) is 3.18. The zero-order valence-electron chi connectivity index (χ0n) is 16.9. The summed E-state index contributed by atoms with van der Waals surface area (Å²) in [5.74, 6) is -1.33. The van der Waals surface area contributed by atoms with Crippen LogP contribution in [-0.2, 0) is 17.4 Å². The predicted octanol–water partition coefficient (Wildman–Crippen LogP) is 3.52. The Balaban J connectivity index is 1.48. The van der Waals surface area contributed by atoms with Crippen LogP contribution >= 0.6 is 0 Å². The van der Waals surface area contributed by atoms with E-state index in [0.29, 0.717) is 28.4 Å². The molecule has 4 rings (SSSR count). The number of fused-ring (bicyclic) bond motifs is 1. The quantitative estimate of drug-likeness (QED) is 0.503. The Kier molecular flexibility index (Phi) is 5.43. The number of carbonyl (C=O) groups is 1. The number of alkyl halides is 3. The molecule has 0 spiro atoms. The molecule has 3 aromatic heterocycles. The average molecular weight is 443 g/mol. The van der Waals surface area contributed by atoms with E-state index in [1.165, 1.54) is 0 Å². The Hall–Kier alpha value is -4.09. The van der Waals surface area contributed by atoms with Crippen LogP contribution in [-0.4, -0.2) is 35.5 Å². The van der Waals surface area contributed by atoms with Crippen molar-refractivity contribution in [1.29, 1.82) is 0 Å². The van der Waals surface area contributed by atoms with Crippen LogP contribution in [0.4, 0.5) is 18.9 Å². The first-order valence-corrected chi connectivity index (χ1v) is 9.35. The Morgan fingerprint density at radius 3 is 2.44 bits per heavy atom. The Morgan fingerprint density at radius 2 is 1.78 bits per heavy atom. The van der Waals surface area contributed by atoms with E-state index in [1.807, 2.05) is 0 Å². The van der Waals surface area contributed by atoms with Gasteiger partial charge in [0.2, 0.25) is 5.91 Å². The predicted molar refractivity (Wildman–Crippen MR) is 106 cm³/mol. The van der Waals surface area contributed by atoms with Gasteiger partial charge in [0.25, 0.3) is 11.6 Å². The lowest BCUT2D eigenvalue weighted by Crippen LogP contribution is -2.17. The molecule has 0 unspecified atom stereocenters. The van der Waals surface area contributed by atoms with Crippen LogP contribution in [0.15, 0.2) is 42.7 Å². The smallest absolute Gasteiger partial charge is 0.424 e. The van der Waals surface area contributed by atoms with Gasteiger partial charge in [-0.25, -0.2) is 19.5 Å². The molecule has 0 aliphatic carbocycles. The highest BCUT2D eigenvalue weighted by Gasteiger charge is 2.37. The summed E-state index contributed by atoms with van der Waals surface area (Å²) in [7, 11) is 0. The van der Waals surface area contributed by atoms with Gasteiger partial charge in [0.15, 0.2) is 0 Å². The van der Waals surface area contributed by atoms with E-state index in [2.05, 4.69) is 30.4 Å². The molecule has 12 heteroatoms. The molecule has 9 nitrogen and oxygen atoms in total. The lowest BCUT2D eigenvalue weighted by atomic mass is 10.1. The fourth-order valence-corrected chi connectivity index (χ4v) is 3.00. The number of halogens is 3. The zero-order valence-corrected chi connectivity index (χ0v) is 16.9. The van der Waals surface area contributed by atoms with Crippen molar-refractivity contribution in [2.45, 2.75) is 26.4 Å². The molecule has 4 aromatic rings. The fraction of sp³-hybridized carbons (Fsp3) is 0.200. The van der Waals surface area contributed by atoms with Crippen LogP contribution in [0.25, 0.3) is 5.78 Å². The number of benzene rings is 1. The topological polar surface area (TPSA) is 107 Å². The van der Waals surface area contributed by atoms with Gasteiger partial charge in [-0.3, -0.25) is 4.79 Å². The molecule has 3 heterocycles. The fourth-order valence-electron chi connectivity index (χ4n) is 3.00. The van der Waals surface area contributed by atoms with Gasteiger partial charge in [-0.2, -0.15) is 18.2 Å². The number of amides is 1. The van der Waals surface area contributed by atoms with Gasteiger partial charge in [0, 0.05) is 35.0 Å². The first kappa shape index (κ1) is 21.2. The Morgan fingerprint density at radius 1 is 1.09 bits per heavy atom. The van der Waals surface area contributed by atoms with Gasteiger partial charge in [0.1, 0.15) is 5.75 Å². The van der Waals surface area contributed by atoms with E-state index in [9.17, 15) is 18.0 Å². The number of hydrogen-bond acceptors (Lipinski definition) is 7. The van der Waals surface area contributed by atoms with Gasteiger partial charge in [-0.05, 0) is 44.2 Å². The van der Waals surface area contributed by atoms with Crippen molar-refractivity contribution in [3.63, 3.8) is 0 Å². The Bertz CT molecular complexity index is 1270. The number of ether oxygens (including phenoxy) is 1. The standard InChI is InChI=1S/C20H16F3N7O2/c1-11-15(12(2)30-18(26-11)28-17(29-30)20(21,22)23)10-16(31)27-13-4-6-14(7-5-13)32-19-24-8-3-9-25-19/h3-9H,10H2,1-2H3,(H,27,31). The van der Waals surface area contributed by atoms with Crippen molar-refractivity contribution in [1.82, 2.24) is 29.5 Å². The molecular formula is C20H16F3N7O2. The number of aromatic nitrogens is 6. The van der Waals surface area contributed by atoms with Crippen LogP contribution in [0.2, 0.25) is 0 Å². The van der Waals surface area contributed by atoms with Gasteiger partial charge in [-0.1, -0.05) is 0 Å². The molecule has 1 N–H and O–H groups in total. The third-order valence-corrected chi connectivity index (χ3v) is 4.53. The number of anilines is 1. The summed E-state index contributed by atoms with van der Waals surface area (Å²) < 4.78 is 45.2. The maximum Gasteiger partial charge on any atom is 0.453 e. The van der Waals surface area contributed by atoms with E-state index in [-0.39, 0.29) is 24.1 Å². The number of rotatable bonds is 5. The molecule has 0 fully saturated rings. The maximum absolute atomic E-state index is 12.9. The molecule has 0 aliphatic rings. The van der Waals surface area contributed by atoms with Crippen LogP contribution in [0.1, 0.15) is 22.8 Å². The second-order valence-corrected chi connectivity index (χ2v) is 6.79. The molecule has 0 saturated carbocycles. The molecule has 1 amide bonds. The van der Waals surface area contributed by atoms with Gasteiger partial charge in [-0.15, -0.1) is 5.10 Å². The highest BCUT2D eigenvalue weighted by atomic mass is 19.4. The van der Waals surface area contributed by atoms with Crippen molar-refractivity contribution < 1.29 is 22.7 Å². The highest BCUT2D eigenvalue weighted by molar-refractivity contribution is 5.92. The number of aryl methyl sites for hydroxylation is 2. The van der Waals surface area contributed by atoms with Crippen molar-refractivity contribution >= 4 is 17.4 Å². The van der Waals surface area contributed by atoms with Crippen molar-refractivity contribution in [3.8, 4) is 11.8 Å². The minimum Gasteiger partial charge on any atom is -0.424 e. The summed E-state index contributed by atoms with van der Waals surface area (Å²) in [6.45, 7) is 3.17. The van der Waals surface area contributed by atoms with Gasteiger partial charge in [0.05, 0.1) is 6.42 Å². The molecular weight excluding hydrogens is 427 g/mol.